The van der Waals surface area contributed by atoms with Crippen LogP contribution < -0.4 is 5.01 Å². The van der Waals surface area contributed by atoms with Gasteiger partial charge >= 0.3 is 5.97 Å². The minimum atomic E-state index is -1.21. The summed E-state index contributed by atoms with van der Waals surface area (Å²) in [5.74, 6) is -2.13. The van der Waals surface area contributed by atoms with Crippen molar-refractivity contribution in [1.82, 2.24) is 0 Å². The molecule has 5 nitrogen and oxygen atoms in total. The minimum Gasteiger partial charge on any atom is -0.478 e. The van der Waals surface area contributed by atoms with Crippen LogP contribution in [0.1, 0.15) is 22.8 Å². The fraction of sp³-hybridized carbons (Fsp3) is 0.0556. The molecule has 0 saturated carbocycles. The van der Waals surface area contributed by atoms with Crippen molar-refractivity contribution < 1.29 is 19.1 Å². The van der Waals surface area contributed by atoms with Crippen LogP contribution in [0, 0.1) is 5.82 Å². The van der Waals surface area contributed by atoms with E-state index in [1.165, 1.54) is 30.3 Å². The summed E-state index contributed by atoms with van der Waals surface area (Å²) in [6.45, 7) is 1.62. The number of aromatic carboxylic acids is 1. The third kappa shape index (κ3) is 3.16. The molecule has 3 rings (SSSR count). The van der Waals surface area contributed by atoms with Crippen LogP contribution in [-0.4, -0.2) is 22.7 Å². The molecule has 25 heavy (non-hydrogen) atoms. The summed E-state index contributed by atoms with van der Waals surface area (Å²) in [5, 5.41) is 14.4. The van der Waals surface area contributed by atoms with E-state index in [9.17, 15) is 14.0 Å². The molecule has 0 atom stereocenters. The van der Waals surface area contributed by atoms with Crippen LogP contribution in [0.2, 0.25) is 5.02 Å². The number of nitrogens with zero attached hydrogens (tertiary/aromatic N) is 2. The van der Waals surface area contributed by atoms with Crippen LogP contribution in [0.25, 0.3) is 6.08 Å². The highest BCUT2D eigenvalue weighted by Gasteiger charge is 2.29. The Morgan fingerprint density at radius 1 is 1.28 bits per heavy atom. The molecule has 2 aromatic rings. The Balaban J connectivity index is 2.00. The zero-order valence-corrected chi connectivity index (χ0v) is 13.8. The predicted octanol–water partition coefficient (Wildman–Crippen LogP) is 3.98. The summed E-state index contributed by atoms with van der Waals surface area (Å²) in [7, 11) is 0. The van der Waals surface area contributed by atoms with Crippen LogP contribution in [0.4, 0.5) is 10.1 Å². The summed E-state index contributed by atoms with van der Waals surface area (Å²) in [6, 6.07) is 10.2. The smallest absolute Gasteiger partial charge is 0.337 e. The maximum absolute atomic E-state index is 13.8. The lowest BCUT2D eigenvalue weighted by atomic mass is 10.1. The lowest BCUT2D eigenvalue weighted by Gasteiger charge is -2.13. The Hall–Kier alpha value is -2.99. The standard InChI is InChI=1S/C18H12ClFN2O3/c1-10-13(8-11-4-2-3-5-16(11)20)17(23)22(21-10)12-6-7-15(19)14(9-12)18(24)25/h2-9H,1H3,(H,24,25)/b13-8+. The number of carboxylic acid groups (broad SMARTS) is 1. The van der Waals surface area contributed by atoms with E-state index in [0.29, 0.717) is 5.71 Å². The number of halogens is 2. The number of hydrogen-bond donors (Lipinski definition) is 1. The third-order valence-corrected chi connectivity index (χ3v) is 4.02. The summed E-state index contributed by atoms with van der Waals surface area (Å²) in [6.07, 6.45) is 1.42. The second-order valence-corrected chi connectivity index (χ2v) is 5.76. The van der Waals surface area contributed by atoms with Gasteiger partial charge < -0.3 is 5.11 Å². The molecule has 2 aromatic carbocycles. The van der Waals surface area contributed by atoms with Crippen LogP contribution in [0.15, 0.2) is 53.1 Å². The summed E-state index contributed by atoms with van der Waals surface area (Å²) in [5.41, 5.74) is 1.04. The van der Waals surface area contributed by atoms with Crippen molar-refractivity contribution in [3.63, 3.8) is 0 Å². The van der Waals surface area contributed by atoms with Gasteiger partial charge in [-0.3, -0.25) is 4.79 Å². The van der Waals surface area contributed by atoms with E-state index in [-0.39, 0.29) is 27.4 Å². The van der Waals surface area contributed by atoms with Crippen molar-refractivity contribution >= 4 is 41.0 Å². The fourth-order valence-corrected chi connectivity index (χ4v) is 2.61. The monoisotopic (exact) mass is 358 g/mol. The van der Waals surface area contributed by atoms with Gasteiger partial charge in [-0.1, -0.05) is 29.8 Å². The lowest BCUT2D eigenvalue weighted by Crippen LogP contribution is -2.21. The highest BCUT2D eigenvalue weighted by molar-refractivity contribution is 6.34. The summed E-state index contributed by atoms with van der Waals surface area (Å²) >= 11 is 5.84. The predicted molar refractivity (Wildman–Crippen MR) is 93.4 cm³/mol. The molecule has 0 aromatic heterocycles. The molecule has 0 saturated heterocycles. The molecule has 0 aliphatic carbocycles. The molecule has 1 aliphatic rings. The van der Waals surface area contributed by atoms with Crippen molar-refractivity contribution in [3.05, 3.63) is 70.0 Å². The van der Waals surface area contributed by atoms with Gasteiger partial charge in [0.15, 0.2) is 0 Å². The molecule has 1 heterocycles. The Bertz CT molecular complexity index is 953. The number of carbonyl (C=O) groups is 2. The quantitative estimate of drug-likeness (QED) is 0.843. The van der Waals surface area contributed by atoms with Gasteiger partial charge in [0.1, 0.15) is 5.82 Å². The molecule has 7 heteroatoms. The maximum Gasteiger partial charge on any atom is 0.337 e. The molecular formula is C18H12ClFN2O3. The van der Waals surface area contributed by atoms with E-state index in [0.717, 1.165) is 5.01 Å². The number of benzene rings is 2. The molecule has 0 bridgehead atoms. The lowest BCUT2D eigenvalue weighted by molar-refractivity contribution is -0.114. The number of anilines is 1. The zero-order chi connectivity index (χ0) is 18.1. The van der Waals surface area contributed by atoms with Gasteiger partial charge in [-0.25, -0.2) is 9.18 Å². The minimum absolute atomic E-state index is 0.0609. The summed E-state index contributed by atoms with van der Waals surface area (Å²) in [4.78, 5) is 23.8. The molecule has 1 N–H and O–H groups in total. The van der Waals surface area contributed by atoms with Crippen molar-refractivity contribution in [3.8, 4) is 0 Å². The van der Waals surface area contributed by atoms with Gasteiger partial charge in [0.2, 0.25) is 0 Å². The van der Waals surface area contributed by atoms with Crippen molar-refractivity contribution in [2.45, 2.75) is 6.92 Å². The van der Waals surface area contributed by atoms with E-state index in [2.05, 4.69) is 5.10 Å². The fourth-order valence-electron chi connectivity index (χ4n) is 2.42. The first kappa shape index (κ1) is 16.9. The number of carbonyl (C=O) groups excluding carboxylic acids is 1. The van der Waals surface area contributed by atoms with Gasteiger partial charge in [-0.2, -0.15) is 10.1 Å². The van der Waals surface area contributed by atoms with Gasteiger partial charge in [0.05, 0.1) is 27.6 Å². The Morgan fingerprint density at radius 3 is 2.68 bits per heavy atom. The van der Waals surface area contributed by atoms with E-state index in [1.54, 1.807) is 25.1 Å². The number of hydrazone groups is 1. The first-order valence-electron chi connectivity index (χ1n) is 7.27. The number of hydrogen-bond acceptors (Lipinski definition) is 3. The SMILES string of the molecule is CC1=NN(c2ccc(Cl)c(C(=O)O)c2)C(=O)/C1=C/c1ccccc1F. The third-order valence-electron chi connectivity index (χ3n) is 3.69. The number of rotatable bonds is 3. The normalized spacial score (nSPS) is 15.6. The zero-order valence-electron chi connectivity index (χ0n) is 13.0. The van der Waals surface area contributed by atoms with Crippen molar-refractivity contribution in [2.24, 2.45) is 5.10 Å². The molecule has 0 radical (unpaired) electrons. The maximum atomic E-state index is 13.8. The van der Waals surface area contributed by atoms with Crippen LogP contribution >= 0.6 is 11.6 Å². The Morgan fingerprint density at radius 2 is 2.00 bits per heavy atom. The summed E-state index contributed by atoms with van der Waals surface area (Å²) < 4.78 is 13.8. The van der Waals surface area contributed by atoms with E-state index in [1.807, 2.05) is 0 Å². The molecule has 1 amide bonds. The number of carboxylic acids is 1. The topological polar surface area (TPSA) is 70.0 Å². The Labute approximate surface area is 147 Å². The molecule has 0 fully saturated rings. The first-order valence-corrected chi connectivity index (χ1v) is 7.65. The molecule has 126 valence electrons. The van der Waals surface area contributed by atoms with E-state index < -0.39 is 17.7 Å². The molecule has 0 unspecified atom stereocenters. The van der Waals surface area contributed by atoms with Gasteiger partial charge in [0, 0.05) is 5.56 Å². The highest BCUT2D eigenvalue weighted by atomic mass is 35.5. The van der Waals surface area contributed by atoms with Crippen LogP contribution in [0.3, 0.4) is 0 Å². The second-order valence-electron chi connectivity index (χ2n) is 5.35. The molecule has 1 aliphatic heterocycles. The van der Waals surface area contributed by atoms with Crippen molar-refractivity contribution in [1.29, 1.82) is 0 Å². The highest BCUT2D eigenvalue weighted by Crippen LogP contribution is 2.28. The van der Waals surface area contributed by atoms with E-state index >= 15 is 0 Å². The van der Waals surface area contributed by atoms with Crippen molar-refractivity contribution in [2.75, 3.05) is 5.01 Å². The largest absolute Gasteiger partial charge is 0.478 e. The van der Waals surface area contributed by atoms with E-state index in [4.69, 9.17) is 16.7 Å². The number of amides is 1. The van der Waals surface area contributed by atoms with Gasteiger partial charge in [-0.15, -0.1) is 0 Å². The van der Waals surface area contributed by atoms with Gasteiger partial charge in [0.25, 0.3) is 5.91 Å². The second kappa shape index (κ2) is 6.49. The molecular weight excluding hydrogens is 347 g/mol. The Kier molecular flexibility index (Phi) is 4.37. The molecule has 0 spiro atoms. The first-order chi connectivity index (χ1) is 11.9. The average molecular weight is 359 g/mol. The average Bonchev–Trinajstić information content (AvgIpc) is 2.85. The van der Waals surface area contributed by atoms with Crippen LogP contribution in [-0.2, 0) is 4.79 Å². The van der Waals surface area contributed by atoms with Crippen LogP contribution in [0.5, 0.6) is 0 Å². The van der Waals surface area contributed by atoms with Gasteiger partial charge in [-0.05, 0) is 37.3 Å².